The molecule has 0 bridgehead atoms. The highest BCUT2D eigenvalue weighted by atomic mass is 32.1. The highest BCUT2D eigenvalue weighted by molar-refractivity contribution is 7.17. The number of hydrogen-bond acceptors (Lipinski definition) is 4. The SMILES string of the molecule is CCOC(=O)c1ccc(-c2ccccn2)s1. The van der Waals surface area contributed by atoms with E-state index in [1.54, 1.807) is 19.2 Å². The van der Waals surface area contributed by atoms with Crippen molar-refractivity contribution in [1.29, 1.82) is 0 Å². The van der Waals surface area contributed by atoms with Crippen molar-refractivity contribution in [2.24, 2.45) is 0 Å². The van der Waals surface area contributed by atoms with Crippen LogP contribution in [0, 0.1) is 0 Å². The Kier molecular flexibility index (Phi) is 3.31. The zero-order valence-electron chi connectivity index (χ0n) is 8.84. The number of rotatable bonds is 3. The lowest BCUT2D eigenvalue weighted by Gasteiger charge is -1.97. The predicted molar refractivity (Wildman–Crippen MR) is 63.5 cm³/mol. The first kappa shape index (κ1) is 10.8. The largest absolute Gasteiger partial charge is 0.462 e. The standard InChI is InChI=1S/C12H11NO2S/c1-2-15-12(14)11-7-6-10(16-11)9-5-3-4-8-13-9/h3-8H,2H2,1H3. The Labute approximate surface area is 97.7 Å². The van der Waals surface area contributed by atoms with Crippen molar-refractivity contribution in [2.75, 3.05) is 6.61 Å². The van der Waals surface area contributed by atoms with Crippen LogP contribution in [0.5, 0.6) is 0 Å². The van der Waals surface area contributed by atoms with Crippen LogP contribution in [0.3, 0.4) is 0 Å². The topological polar surface area (TPSA) is 39.2 Å². The Balaban J connectivity index is 2.23. The van der Waals surface area contributed by atoms with Crippen molar-refractivity contribution in [3.8, 4) is 10.6 Å². The summed E-state index contributed by atoms with van der Waals surface area (Å²) in [6.07, 6.45) is 1.74. The molecule has 0 unspecified atom stereocenters. The second-order valence-corrected chi connectivity index (χ2v) is 4.18. The maximum atomic E-state index is 11.5. The molecule has 0 aliphatic heterocycles. The molecule has 3 nitrogen and oxygen atoms in total. The average molecular weight is 233 g/mol. The summed E-state index contributed by atoms with van der Waals surface area (Å²) in [6.45, 7) is 2.20. The molecule has 0 fully saturated rings. The first-order valence-electron chi connectivity index (χ1n) is 4.99. The van der Waals surface area contributed by atoms with Gasteiger partial charge in [0.2, 0.25) is 0 Å². The van der Waals surface area contributed by atoms with E-state index >= 15 is 0 Å². The van der Waals surface area contributed by atoms with Crippen LogP contribution in [0.4, 0.5) is 0 Å². The van der Waals surface area contributed by atoms with Gasteiger partial charge in [-0.3, -0.25) is 4.98 Å². The molecule has 0 saturated heterocycles. The fourth-order valence-corrected chi connectivity index (χ4v) is 2.17. The molecule has 16 heavy (non-hydrogen) atoms. The van der Waals surface area contributed by atoms with Crippen molar-refractivity contribution >= 4 is 17.3 Å². The third-order valence-corrected chi connectivity index (χ3v) is 3.09. The molecule has 2 heterocycles. The maximum absolute atomic E-state index is 11.5. The van der Waals surface area contributed by atoms with Crippen LogP contribution in [-0.2, 0) is 4.74 Å². The van der Waals surface area contributed by atoms with Gasteiger partial charge in [0, 0.05) is 6.20 Å². The molecule has 0 aliphatic rings. The average Bonchev–Trinajstić information content (AvgIpc) is 2.80. The summed E-state index contributed by atoms with van der Waals surface area (Å²) in [5, 5.41) is 0. The lowest BCUT2D eigenvalue weighted by atomic mass is 10.3. The number of hydrogen-bond donors (Lipinski definition) is 0. The highest BCUT2D eigenvalue weighted by Crippen LogP contribution is 2.26. The van der Waals surface area contributed by atoms with E-state index in [1.807, 2.05) is 24.3 Å². The Bertz CT molecular complexity index is 479. The van der Waals surface area contributed by atoms with Gasteiger partial charge in [-0.15, -0.1) is 11.3 Å². The van der Waals surface area contributed by atoms with Gasteiger partial charge < -0.3 is 4.74 Å². The normalized spacial score (nSPS) is 10.1. The molecule has 0 aliphatic carbocycles. The number of ether oxygens (including phenoxy) is 1. The van der Waals surface area contributed by atoms with Crippen molar-refractivity contribution in [2.45, 2.75) is 6.92 Å². The zero-order chi connectivity index (χ0) is 11.4. The third kappa shape index (κ3) is 2.28. The van der Waals surface area contributed by atoms with Gasteiger partial charge in [0.05, 0.1) is 17.2 Å². The molecule has 2 aromatic rings. The number of carbonyl (C=O) groups is 1. The van der Waals surface area contributed by atoms with Crippen molar-refractivity contribution in [3.63, 3.8) is 0 Å². The number of carbonyl (C=O) groups excluding carboxylic acids is 1. The van der Waals surface area contributed by atoms with Crippen LogP contribution in [0.2, 0.25) is 0 Å². The van der Waals surface area contributed by atoms with E-state index in [1.165, 1.54) is 11.3 Å². The van der Waals surface area contributed by atoms with Crippen LogP contribution < -0.4 is 0 Å². The summed E-state index contributed by atoms with van der Waals surface area (Å²) < 4.78 is 4.93. The van der Waals surface area contributed by atoms with Gasteiger partial charge in [-0.2, -0.15) is 0 Å². The first-order chi connectivity index (χ1) is 7.81. The Morgan fingerprint density at radius 2 is 2.25 bits per heavy atom. The number of aromatic nitrogens is 1. The second-order valence-electron chi connectivity index (χ2n) is 3.10. The summed E-state index contributed by atoms with van der Waals surface area (Å²) in [5.41, 5.74) is 0.878. The van der Waals surface area contributed by atoms with E-state index in [9.17, 15) is 4.79 Å². The molecular weight excluding hydrogens is 222 g/mol. The molecule has 0 saturated carbocycles. The highest BCUT2D eigenvalue weighted by Gasteiger charge is 2.10. The van der Waals surface area contributed by atoms with Gasteiger partial charge in [0.15, 0.2) is 0 Å². The number of nitrogens with zero attached hydrogens (tertiary/aromatic N) is 1. The molecule has 2 aromatic heterocycles. The number of esters is 1. The van der Waals surface area contributed by atoms with Gasteiger partial charge in [0.25, 0.3) is 0 Å². The van der Waals surface area contributed by atoms with Gasteiger partial charge in [-0.25, -0.2) is 4.79 Å². The van der Waals surface area contributed by atoms with Gasteiger partial charge in [-0.1, -0.05) is 6.07 Å². The molecule has 0 spiro atoms. The molecular formula is C12H11NO2S. The van der Waals surface area contributed by atoms with E-state index in [0.29, 0.717) is 11.5 Å². The molecule has 0 aromatic carbocycles. The van der Waals surface area contributed by atoms with Crippen molar-refractivity contribution in [3.05, 3.63) is 41.4 Å². The van der Waals surface area contributed by atoms with E-state index in [0.717, 1.165) is 10.6 Å². The molecule has 0 radical (unpaired) electrons. The molecule has 0 amide bonds. The van der Waals surface area contributed by atoms with E-state index < -0.39 is 0 Å². The minimum absolute atomic E-state index is 0.269. The van der Waals surface area contributed by atoms with Crippen LogP contribution in [0.15, 0.2) is 36.5 Å². The third-order valence-electron chi connectivity index (χ3n) is 2.00. The summed E-state index contributed by atoms with van der Waals surface area (Å²) in [5.74, 6) is -0.269. The summed E-state index contributed by atoms with van der Waals surface area (Å²) in [6, 6.07) is 9.36. The fraction of sp³-hybridized carbons (Fsp3) is 0.167. The maximum Gasteiger partial charge on any atom is 0.348 e. The van der Waals surface area contributed by atoms with E-state index in [-0.39, 0.29) is 5.97 Å². The summed E-state index contributed by atoms with van der Waals surface area (Å²) >= 11 is 1.40. The number of pyridine rings is 1. The predicted octanol–water partition coefficient (Wildman–Crippen LogP) is 2.99. The first-order valence-corrected chi connectivity index (χ1v) is 5.81. The van der Waals surface area contributed by atoms with Gasteiger partial charge in [0.1, 0.15) is 4.88 Å². The van der Waals surface area contributed by atoms with Crippen LogP contribution in [0.1, 0.15) is 16.6 Å². The Morgan fingerprint density at radius 1 is 1.38 bits per heavy atom. The molecule has 0 N–H and O–H groups in total. The monoisotopic (exact) mass is 233 g/mol. The summed E-state index contributed by atoms with van der Waals surface area (Å²) in [4.78, 5) is 17.3. The second kappa shape index (κ2) is 4.90. The minimum Gasteiger partial charge on any atom is -0.462 e. The Hall–Kier alpha value is -1.68. The minimum atomic E-state index is -0.269. The molecule has 0 atom stereocenters. The molecule has 4 heteroatoms. The lowest BCUT2D eigenvalue weighted by Crippen LogP contribution is -2.01. The van der Waals surface area contributed by atoms with Crippen LogP contribution in [0.25, 0.3) is 10.6 Å². The summed E-state index contributed by atoms with van der Waals surface area (Å²) in [7, 11) is 0. The van der Waals surface area contributed by atoms with E-state index in [2.05, 4.69) is 4.98 Å². The van der Waals surface area contributed by atoms with Crippen molar-refractivity contribution < 1.29 is 9.53 Å². The van der Waals surface area contributed by atoms with Gasteiger partial charge in [-0.05, 0) is 31.2 Å². The van der Waals surface area contributed by atoms with Crippen LogP contribution >= 0.6 is 11.3 Å². The lowest BCUT2D eigenvalue weighted by molar-refractivity contribution is 0.0532. The Morgan fingerprint density at radius 3 is 2.94 bits per heavy atom. The number of thiophene rings is 1. The zero-order valence-corrected chi connectivity index (χ0v) is 9.66. The molecule has 2 rings (SSSR count). The quantitative estimate of drug-likeness (QED) is 0.765. The van der Waals surface area contributed by atoms with Crippen molar-refractivity contribution in [1.82, 2.24) is 4.98 Å². The molecule has 82 valence electrons. The smallest absolute Gasteiger partial charge is 0.348 e. The van der Waals surface area contributed by atoms with Crippen LogP contribution in [-0.4, -0.2) is 17.6 Å². The fourth-order valence-electron chi connectivity index (χ4n) is 1.30. The van der Waals surface area contributed by atoms with E-state index in [4.69, 9.17) is 4.74 Å². The van der Waals surface area contributed by atoms with Gasteiger partial charge >= 0.3 is 5.97 Å².